The van der Waals surface area contributed by atoms with Crippen LogP contribution in [0, 0.1) is 6.92 Å². The first-order valence-electron chi connectivity index (χ1n) is 8.43. The maximum atomic E-state index is 12.6. The Morgan fingerprint density at radius 1 is 1.12 bits per heavy atom. The highest BCUT2D eigenvalue weighted by molar-refractivity contribution is 7.92. The number of amides is 1. The lowest BCUT2D eigenvalue weighted by molar-refractivity contribution is 0.0953. The predicted molar refractivity (Wildman–Crippen MR) is 102 cm³/mol. The summed E-state index contributed by atoms with van der Waals surface area (Å²) in [6.45, 7) is 4.51. The van der Waals surface area contributed by atoms with E-state index in [1.165, 1.54) is 31.4 Å². The molecule has 140 valence electrons. The number of rotatable bonds is 8. The van der Waals surface area contributed by atoms with Crippen molar-refractivity contribution in [2.45, 2.75) is 31.6 Å². The Hall–Kier alpha value is -2.54. The van der Waals surface area contributed by atoms with Crippen LogP contribution in [0.25, 0.3) is 0 Å². The van der Waals surface area contributed by atoms with E-state index in [0.717, 1.165) is 18.4 Å². The van der Waals surface area contributed by atoms with Crippen LogP contribution in [0.5, 0.6) is 5.75 Å². The minimum Gasteiger partial charge on any atom is -0.495 e. The van der Waals surface area contributed by atoms with Crippen molar-refractivity contribution in [3.8, 4) is 5.75 Å². The van der Waals surface area contributed by atoms with Gasteiger partial charge >= 0.3 is 0 Å². The molecule has 0 saturated carbocycles. The van der Waals surface area contributed by atoms with Crippen molar-refractivity contribution in [1.82, 2.24) is 5.32 Å². The summed E-state index contributed by atoms with van der Waals surface area (Å²) < 4.78 is 32.9. The van der Waals surface area contributed by atoms with E-state index in [9.17, 15) is 13.2 Å². The SMILES string of the molecule is CCCCNC(=O)c1ccc(S(=O)(=O)Nc2cc(C)ccc2OC)cc1. The molecule has 0 aromatic heterocycles. The van der Waals surface area contributed by atoms with Crippen LogP contribution in [-0.2, 0) is 10.0 Å². The van der Waals surface area contributed by atoms with Gasteiger partial charge in [-0.15, -0.1) is 0 Å². The van der Waals surface area contributed by atoms with Gasteiger partial charge in [-0.1, -0.05) is 19.4 Å². The average Bonchev–Trinajstić information content (AvgIpc) is 2.62. The van der Waals surface area contributed by atoms with Gasteiger partial charge in [-0.3, -0.25) is 9.52 Å². The Labute approximate surface area is 154 Å². The number of nitrogens with one attached hydrogen (secondary N) is 2. The van der Waals surface area contributed by atoms with Gasteiger partial charge in [-0.25, -0.2) is 8.42 Å². The van der Waals surface area contributed by atoms with E-state index >= 15 is 0 Å². The zero-order valence-electron chi connectivity index (χ0n) is 15.2. The van der Waals surface area contributed by atoms with E-state index in [2.05, 4.69) is 10.0 Å². The molecule has 0 spiro atoms. The molecule has 26 heavy (non-hydrogen) atoms. The Kier molecular flexibility index (Phi) is 6.63. The van der Waals surface area contributed by atoms with Crippen LogP contribution in [0.1, 0.15) is 35.7 Å². The van der Waals surface area contributed by atoms with E-state index in [1.807, 2.05) is 19.9 Å². The molecule has 2 aromatic rings. The highest BCUT2D eigenvalue weighted by atomic mass is 32.2. The maximum Gasteiger partial charge on any atom is 0.262 e. The lowest BCUT2D eigenvalue weighted by Crippen LogP contribution is -2.24. The number of benzene rings is 2. The fourth-order valence-corrected chi connectivity index (χ4v) is 3.43. The van der Waals surface area contributed by atoms with Gasteiger partial charge in [-0.05, 0) is 55.3 Å². The Morgan fingerprint density at radius 3 is 2.42 bits per heavy atom. The van der Waals surface area contributed by atoms with Crippen LogP contribution < -0.4 is 14.8 Å². The van der Waals surface area contributed by atoms with Gasteiger partial charge < -0.3 is 10.1 Å². The summed E-state index contributed by atoms with van der Waals surface area (Å²) in [5.74, 6) is 0.224. The summed E-state index contributed by atoms with van der Waals surface area (Å²) in [6, 6.07) is 11.1. The molecule has 0 aliphatic rings. The molecule has 0 saturated heterocycles. The smallest absolute Gasteiger partial charge is 0.262 e. The third kappa shape index (κ3) is 4.98. The van der Waals surface area contributed by atoms with Crippen molar-refractivity contribution >= 4 is 21.6 Å². The van der Waals surface area contributed by atoms with Crippen LogP contribution in [0.15, 0.2) is 47.4 Å². The third-order valence-electron chi connectivity index (χ3n) is 3.84. The summed E-state index contributed by atoms with van der Waals surface area (Å²) >= 11 is 0. The van der Waals surface area contributed by atoms with E-state index in [-0.39, 0.29) is 10.8 Å². The average molecular weight is 376 g/mol. The van der Waals surface area contributed by atoms with Gasteiger partial charge in [0, 0.05) is 12.1 Å². The lowest BCUT2D eigenvalue weighted by Gasteiger charge is -2.13. The molecule has 2 aromatic carbocycles. The number of ether oxygens (including phenoxy) is 1. The van der Waals surface area contributed by atoms with Crippen molar-refractivity contribution in [2.24, 2.45) is 0 Å². The molecule has 0 unspecified atom stereocenters. The normalized spacial score (nSPS) is 11.0. The second-order valence-electron chi connectivity index (χ2n) is 5.94. The molecular weight excluding hydrogens is 352 g/mol. The van der Waals surface area contributed by atoms with Crippen molar-refractivity contribution < 1.29 is 17.9 Å². The Bertz CT molecular complexity index is 862. The summed E-state index contributed by atoms with van der Waals surface area (Å²) in [7, 11) is -2.31. The number of hydrogen-bond donors (Lipinski definition) is 2. The molecule has 6 nitrogen and oxygen atoms in total. The van der Waals surface area contributed by atoms with Gasteiger partial charge in [0.15, 0.2) is 0 Å². The quantitative estimate of drug-likeness (QED) is 0.692. The molecule has 0 radical (unpaired) electrons. The number of carbonyl (C=O) groups excluding carboxylic acids is 1. The van der Waals surface area contributed by atoms with Crippen LogP contribution in [0.3, 0.4) is 0 Å². The molecular formula is C19H24N2O4S. The van der Waals surface area contributed by atoms with Crippen LogP contribution in [-0.4, -0.2) is 28.0 Å². The number of sulfonamides is 1. The van der Waals surface area contributed by atoms with Crippen molar-refractivity contribution in [2.75, 3.05) is 18.4 Å². The number of unbranched alkanes of at least 4 members (excludes halogenated alkanes) is 1. The highest BCUT2D eigenvalue weighted by Gasteiger charge is 2.17. The Morgan fingerprint density at radius 2 is 1.81 bits per heavy atom. The van der Waals surface area contributed by atoms with Gasteiger partial charge in [-0.2, -0.15) is 0 Å². The molecule has 1 amide bonds. The monoisotopic (exact) mass is 376 g/mol. The topological polar surface area (TPSA) is 84.5 Å². The number of methoxy groups -OCH3 is 1. The summed E-state index contributed by atoms with van der Waals surface area (Å²) in [4.78, 5) is 12.1. The van der Waals surface area contributed by atoms with Gasteiger partial charge in [0.2, 0.25) is 0 Å². The molecule has 2 N–H and O–H groups in total. The van der Waals surface area contributed by atoms with E-state index in [1.54, 1.807) is 12.1 Å². The molecule has 7 heteroatoms. The molecule has 0 heterocycles. The summed E-state index contributed by atoms with van der Waals surface area (Å²) in [5.41, 5.74) is 1.70. The second kappa shape index (κ2) is 8.71. The molecule has 0 fully saturated rings. The molecule has 0 atom stereocenters. The van der Waals surface area contributed by atoms with E-state index in [4.69, 9.17) is 4.74 Å². The number of anilines is 1. The lowest BCUT2D eigenvalue weighted by atomic mass is 10.2. The third-order valence-corrected chi connectivity index (χ3v) is 5.22. The van der Waals surface area contributed by atoms with Crippen LogP contribution in [0.4, 0.5) is 5.69 Å². The highest BCUT2D eigenvalue weighted by Crippen LogP contribution is 2.27. The van der Waals surface area contributed by atoms with Crippen LogP contribution >= 0.6 is 0 Å². The zero-order valence-corrected chi connectivity index (χ0v) is 16.0. The second-order valence-corrected chi connectivity index (χ2v) is 7.63. The first-order chi connectivity index (χ1) is 12.4. The first-order valence-corrected chi connectivity index (χ1v) is 9.91. The molecule has 0 bridgehead atoms. The standard InChI is InChI=1S/C19H24N2O4S/c1-4-5-12-20-19(22)15-7-9-16(10-8-15)26(23,24)21-17-13-14(2)6-11-18(17)25-3/h6-11,13,21H,4-5,12H2,1-3H3,(H,20,22). The van der Waals surface area contributed by atoms with Gasteiger partial charge in [0.05, 0.1) is 17.7 Å². The summed E-state index contributed by atoms with van der Waals surface area (Å²) in [6.07, 6.45) is 1.89. The van der Waals surface area contributed by atoms with E-state index in [0.29, 0.717) is 23.5 Å². The fourth-order valence-electron chi connectivity index (χ4n) is 2.37. The molecule has 2 rings (SSSR count). The van der Waals surface area contributed by atoms with Crippen molar-refractivity contribution in [3.05, 3.63) is 53.6 Å². The predicted octanol–water partition coefficient (Wildman–Crippen LogP) is 3.33. The number of carbonyl (C=O) groups is 1. The van der Waals surface area contributed by atoms with Crippen LogP contribution in [0.2, 0.25) is 0 Å². The largest absolute Gasteiger partial charge is 0.495 e. The molecule has 0 aliphatic heterocycles. The zero-order chi connectivity index (χ0) is 19.2. The van der Waals surface area contributed by atoms with Crippen molar-refractivity contribution in [1.29, 1.82) is 0 Å². The minimum absolute atomic E-state index is 0.0752. The number of aryl methyl sites for hydroxylation is 1. The van der Waals surface area contributed by atoms with Gasteiger partial charge in [0.1, 0.15) is 5.75 Å². The Balaban J connectivity index is 2.17. The minimum atomic E-state index is -3.79. The maximum absolute atomic E-state index is 12.6. The first kappa shape index (κ1) is 19.8. The van der Waals surface area contributed by atoms with Gasteiger partial charge in [0.25, 0.3) is 15.9 Å². The van der Waals surface area contributed by atoms with Crippen molar-refractivity contribution in [3.63, 3.8) is 0 Å². The van der Waals surface area contributed by atoms with E-state index < -0.39 is 10.0 Å². The number of hydrogen-bond acceptors (Lipinski definition) is 4. The fraction of sp³-hybridized carbons (Fsp3) is 0.316. The summed E-state index contributed by atoms with van der Waals surface area (Å²) in [5, 5.41) is 2.80. The molecule has 0 aliphatic carbocycles.